The number of amides is 1. The Labute approximate surface area is 642 Å². The van der Waals surface area contributed by atoms with E-state index < -0.39 is 379 Å². The van der Waals surface area contributed by atoms with Crippen LogP contribution in [0.1, 0.15) is 6.92 Å². The molecule has 52 nitrogen and oxygen atoms in total. The van der Waals surface area contributed by atoms with Gasteiger partial charge in [0, 0.05) is 6.92 Å². The monoisotopic (exact) mass is 1680 g/mol. The average molecular weight is 1680 g/mol. The molecule has 10 fully saturated rings. The van der Waals surface area contributed by atoms with Crippen LogP contribution >= 0.6 is 0 Å². The van der Waals surface area contributed by atoms with Gasteiger partial charge in [-0.25, -0.2) is 0 Å². The summed E-state index contributed by atoms with van der Waals surface area (Å²) in [6.45, 7) is -10.3. The van der Waals surface area contributed by atoms with Gasteiger partial charge in [0.05, 0.1) is 66.1 Å². The van der Waals surface area contributed by atoms with Crippen molar-refractivity contribution in [2.24, 2.45) is 0 Å². The van der Waals surface area contributed by atoms with Crippen LogP contribution in [-0.4, -0.2) is 537 Å². The molecular formula is C62H105NO51. The second-order valence-corrected chi connectivity index (χ2v) is 28.8. The average Bonchev–Trinajstić information content (AvgIpc) is 0.725. The summed E-state index contributed by atoms with van der Waals surface area (Å²) in [4.78, 5) is 12.4. The molecule has 0 spiro atoms. The first-order valence-electron chi connectivity index (χ1n) is 36.2. The van der Waals surface area contributed by atoms with E-state index in [4.69, 9.17) is 90.0 Å². The zero-order valence-electron chi connectivity index (χ0n) is 60.0. The zero-order valence-corrected chi connectivity index (χ0v) is 60.0. The lowest BCUT2D eigenvalue weighted by Gasteiger charge is -2.50. The fraction of sp³-hybridized carbons (Fsp3) is 0.984. The number of ether oxygens (including phenoxy) is 19. The number of nitrogens with one attached hydrogen (secondary N) is 1. The topological polar surface area (TPSA) is 832 Å². The van der Waals surface area contributed by atoms with Gasteiger partial charge in [-0.15, -0.1) is 0 Å². The number of carbonyl (C=O) groups excluding carboxylic acids is 1. The van der Waals surface area contributed by atoms with Gasteiger partial charge in [-0.2, -0.15) is 0 Å². The van der Waals surface area contributed by atoms with Crippen LogP contribution in [0.3, 0.4) is 0 Å². The van der Waals surface area contributed by atoms with Gasteiger partial charge in [-0.05, 0) is 0 Å². The Bertz CT molecular complexity index is 2920. The Kier molecular flexibility index (Phi) is 33.4. The van der Waals surface area contributed by atoms with Gasteiger partial charge in [0.2, 0.25) is 5.91 Å². The fourth-order valence-electron chi connectivity index (χ4n) is 14.6. The molecule has 10 heterocycles. The van der Waals surface area contributed by atoms with Crippen LogP contribution in [0.4, 0.5) is 0 Å². The maximum absolute atomic E-state index is 12.6. The van der Waals surface area contributed by atoms with E-state index in [-0.39, 0.29) is 0 Å². The minimum Gasteiger partial charge on any atom is -0.394 e. The van der Waals surface area contributed by atoms with Crippen molar-refractivity contribution in [1.82, 2.24) is 5.32 Å². The molecule has 0 aliphatic carbocycles. The highest BCUT2D eigenvalue weighted by Gasteiger charge is 2.61. The molecule has 1 amide bonds. The van der Waals surface area contributed by atoms with Gasteiger partial charge in [-0.1, -0.05) is 0 Å². The molecule has 0 bridgehead atoms. The van der Waals surface area contributed by atoms with E-state index in [1.165, 1.54) is 0 Å². The van der Waals surface area contributed by atoms with Crippen molar-refractivity contribution in [3.63, 3.8) is 0 Å². The van der Waals surface area contributed by atoms with E-state index in [0.29, 0.717) is 0 Å². The van der Waals surface area contributed by atoms with E-state index >= 15 is 0 Å². The Morgan fingerprint density at radius 2 is 0.465 bits per heavy atom. The highest BCUT2D eigenvalue weighted by molar-refractivity contribution is 5.73. The Hall–Kier alpha value is -2.53. The van der Waals surface area contributed by atoms with Gasteiger partial charge in [0.25, 0.3) is 0 Å². The lowest BCUT2D eigenvalue weighted by molar-refractivity contribution is -0.408. The second-order valence-electron chi connectivity index (χ2n) is 28.8. The molecule has 52 heteroatoms. The highest BCUT2D eigenvalue weighted by Crippen LogP contribution is 2.41. The number of hydrogen-bond donors (Lipinski definition) is 32. The minimum absolute atomic E-state index is 0.882. The quantitative estimate of drug-likeness (QED) is 0.0331. The molecule has 10 rings (SSSR count). The molecule has 25 unspecified atom stereocenters. The molecular weight excluding hydrogens is 1570 g/mol. The lowest BCUT2D eigenvalue weighted by atomic mass is 9.94. The highest BCUT2D eigenvalue weighted by atomic mass is 16.8. The summed E-state index contributed by atoms with van der Waals surface area (Å²) in [6.07, 6.45) is -107. The number of aliphatic hydroxyl groups excluding tert-OH is 31. The van der Waals surface area contributed by atoms with Crippen molar-refractivity contribution in [2.75, 3.05) is 66.1 Å². The van der Waals surface area contributed by atoms with Crippen molar-refractivity contribution in [1.29, 1.82) is 0 Å². The third kappa shape index (κ3) is 19.7. The minimum atomic E-state index is -2.57. The summed E-state index contributed by atoms with van der Waals surface area (Å²) < 4.78 is 111. The molecule has 0 aromatic heterocycles. The lowest BCUT2D eigenvalue weighted by Crippen LogP contribution is -2.69. The molecule has 664 valence electrons. The van der Waals surface area contributed by atoms with E-state index in [1.807, 2.05) is 0 Å². The van der Waals surface area contributed by atoms with Crippen LogP contribution in [0.15, 0.2) is 0 Å². The van der Waals surface area contributed by atoms with Crippen molar-refractivity contribution >= 4 is 5.91 Å². The van der Waals surface area contributed by atoms with Crippen molar-refractivity contribution in [3.8, 4) is 0 Å². The predicted octanol–water partition coefficient (Wildman–Crippen LogP) is -22.7. The molecule has 0 aromatic carbocycles. The molecule has 10 aliphatic heterocycles. The molecule has 32 N–H and O–H groups in total. The van der Waals surface area contributed by atoms with Gasteiger partial charge in [-0.3, -0.25) is 4.79 Å². The number of aliphatic hydroxyl groups is 31. The van der Waals surface area contributed by atoms with Gasteiger partial charge in [0.1, 0.15) is 244 Å². The van der Waals surface area contributed by atoms with Crippen LogP contribution in [0.2, 0.25) is 0 Å². The van der Waals surface area contributed by atoms with Gasteiger partial charge in [0.15, 0.2) is 62.9 Å². The van der Waals surface area contributed by atoms with Crippen LogP contribution in [0.25, 0.3) is 0 Å². The van der Waals surface area contributed by atoms with Crippen LogP contribution < -0.4 is 5.32 Å². The SMILES string of the molecule is CC(=O)NC1[C@H](O)OC(CO)[C@@H](O[C@@H]2OC(CO[C@@H]3OC(CO[C@H]4OC(CO)[C@@H](O)[C@H](O)C4O[C@H]4OC(CO)[C@@H](O)[C@H](O)C4O)[C@@H](O)[C@H](O[C@H]4OC(CO)[C@@H](O)C(O)C4O[C@H]4OC(CO)[C@@H](O)C(O)C4O)C3O)[C@@H](O)[C@H](O[C@H]3OC(CO)[C@@H](O)C(O)C3O[C@H]3OC(CO)[C@@H](O)C(O)C3O[C@H]3OC(CO)[C@@H](O)C(O)C3O)C2O)[C@@H]1O. The van der Waals surface area contributed by atoms with Crippen molar-refractivity contribution in [3.05, 3.63) is 0 Å². The molecule has 114 heavy (non-hydrogen) atoms. The Morgan fingerprint density at radius 1 is 0.228 bits per heavy atom. The van der Waals surface area contributed by atoms with E-state index in [0.717, 1.165) is 6.92 Å². The second kappa shape index (κ2) is 40.6. The summed E-state index contributed by atoms with van der Waals surface area (Å²) >= 11 is 0. The summed E-state index contributed by atoms with van der Waals surface area (Å²) in [5.74, 6) is -0.882. The fourth-order valence-corrected chi connectivity index (χ4v) is 14.6. The third-order valence-corrected chi connectivity index (χ3v) is 21.3. The summed E-state index contributed by atoms with van der Waals surface area (Å²) in [5, 5.41) is 344. The van der Waals surface area contributed by atoms with E-state index in [9.17, 15) is 163 Å². The Morgan fingerprint density at radius 3 is 0.789 bits per heavy atom. The Balaban J connectivity index is 0.999. The molecule has 50 atom stereocenters. The molecule has 0 saturated carbocycles. The zero-order chi connectivity index (χ0) is 83.7. The summed E-state index contributed by atoms with van der Waals surface area (Å²) in [5.41, 5.74) is 0. The summed E-state index contributed by atoms with van der Waals surface area (Å²) in [7, 11) is 0. The third-order valence-electron chi connectivity index (χ3n) is 21.3. The first-order chi connectivity index (χ1) is 54.0. The predicted molar refractivity (Wildman–Crippen MR) is 341 cm³/mol. The van der Waals surface area contributed by atoms with E-state index in [2.05, 4.69) is 5.32 Å². The van der Waals surface area contributed by atoms with Crippen LogP contribution in [-0.2, 0) is 94.8 Å². The normalized spacial score (nSPS) is 52.6. The van der Waals surface area contributed by atoms with Crippen molar-refractivity contribution in [2.45, 2.75) is 314 Å². The molecule has 0 aromatic rings. The summed E-state index contributed by atoms with van der Waals surface area (Å²) in [6, 6.07) is -1.81. The maximum Gasteiger partial charge on any atom is 0.217 e. The first kappa shape index (κ1) is 93.7. The van der Waals surface area contributed by atoms with Crippen LogP contribution in [0, 0.1) is 0 Å². The first-order valence-corrected chi connectivity index (χ1v) is 36.2. The molecule has 0 radical (unpaired) electrons. The van der Waals surface area contributed by atoms with E-state index in [1.54, 1.807) is 0 Å². The standard InChI is InChI=1S/C62H105NO51/c1-12(72)63-23-33(82)46(20(9-71)98-53(23)95)108-58-45(94)48(110-61-52(40(89)30(79)18(7-69)104-61)114-62-51(39(88)29(78)19(8-70)105-62)113-57-43(92)36(85)26(75)15(4-66)101-57)32(81)22(107-58)10-96-54-44(93)47(109-60-50(38(87)28(77)17(6-68)103-60)112-56-42(91)35(84)25(74)14(3-65)100-56)31(80)21(106-54)11-97-59-49(37(86)27(76)16(5-67)102-59)111-55-41(90)34(83)24(73)13(2-64)99-55/h13-62,64-71,73-95H,2-11H2,1H3,(H,63,72)/t13?,14?,15?,16?,17?,18?,19?,20?,21?,22?,23?,24-,25-,26-,27-,28-,29-,30-,31-,32-,33-,34+,35?,36?,37+,38?,39?,40?,41?,42?,43?,44?,45?,46-,47+,48+,49?,50?,51?,52?,53-,54-,55-,56-,57-,58+,59+,60-,61-,62-/m1/s1. The largest absolute Gasteiger partial charge is 0.394 e. The van der Waals surface area contributed by atoms with Crippen molar-refractivity contribution < 1.29 is 253 Å². The van der Waals surface area contributed by atoms with Gasteiger partial charge >= 0.3 is 0 Å². The van der Waals surface area contributed by atoms with Gasteiger partial charge < -0.3 is 254 Å². The van der Waals surface area contributed by atoms with Crippen LogP contribution in [0.5, 0.6) is 0 Å². The molecule has 10 saturated heterocycles. The maximum atomic E-state index is 12.6. The number of hydrogen-bond acceptors (Lipinski definition) is 51. The number of carbonyl (C=O) groups is 1. The number of rotatable bonds is 29. The molecule has 10 aliphatic rings. The smallest absolute Gasteiger partial charge is 0.217 e.